The normalized spacial score (nSPS) is 22.1. The number of hydrogen-bond acceptors (Lipinski definition) is 4. The first-order valence-electron chi connectivity index (χ1n) is 12.1. The van der Waals surface area contributed by atoms with E-state index in [4.69, 9.17) is 9.47 Å². The molecule has 2 fully saturated rings. The first kappa shape index (κ1) is 25.3. The average Bonchev–Trinajstić information content (AvgIpc) is 2.70. The van der Waals surface area contributed by atoms with E-state index in [0.29, 0.717) is 23.7 Å². The maximum Gasteiger partial charge on any atom is 0.0656 e. The van der Waals surface area contributed by atoms with Crippen LogP contribution in [0.15, 0.2) is 0 Å². The molecule has 28 heavy (non-hydrogen) atoms. The summed E-state index contributed by atoms with van der Waals surface area (Å²) in [5.74, 6) is 2.50. The molecule has 2 aliphatic rings. The Morgan fingerprint density at radius 2 is 1.00 bits per heavy atom. The van der Waals surface area contributed by atoms with E-state index in [1.54, 1.807) is 0 Å². The molecular weight excluding hydrogens is 417 g/mol. The van der Waals surface area contributed by atoms with Gasteiger partial charge in [0.2, 0.25) is 0 Å². The molecule has 2 saturated carbocycles. The van der Waals surface area contributed by atoms with Crippen LogP contribution >= 0.6 is 21.6 Å². The van der Waals surface area contributed by atoms with Crippen molar-refractivity contribution in [2.75, 3.05) is 11.5 Å². The molecule has 0 spiro atoms. The number of hydrogen-bond donors (Lipinski definition) is 0. The highest BCUT2D eigenvalue weighted by Gasteiger charge is 2.23. The predicted octanol–water partition coefficient (Wildman–Crippen LogP) is 6.64. The fourth-order valence-corrected chi connectivity index (χ4v) is 9.86. The molecule has 2 nitrogen and oxygen atoms in total. The summed E-state index contributed by atoms with van der Waals surface area (Å²) in [4.78, 5) is 0. The van der Waals surface area contributed by atoms with Gasteiger partial charge < -0.3 is 9.47 Å². The van der Waals surface area contributed by atoms with Crippen molar-refractivity contribution in [1.82, 2.24) is 0 Å². The van der Waals surface area contributed by atoms with E-state index in [9.17, 15) is 0 Å². The second kappa shape index (κ2) is 15.0. The summed E-state index contributed by atoms with van der Waals surface area (Å²) >= 11 is 0. The topological polar surface area (TPSA) is 18.5 Å². The quantitative estimate of drug-likeness (QED) is 0.173. The third-order valence-electron chi connectivity index (χ3n) is 6.38. The smallest absolute Gasteiger partial charge is 0.0656 e. The maximum absolute atomic E-state index is 6.54. The molecule has 166 valence electrons. The minimum atomic E-state index is -0.726. The molecule has 0 amide bonds. The van der Waals surface area contributed by atoms with Gasteiger partial charge >= 0.3 is 0 Å². The molecule has 0 aromatic rings. The van der Waals surface area contributed by atoms with Crippen LogP contribution in [0.3, 0.4) is 0 Å². The van der Waals surface area contributed by atoms with E-state index in [1.165, 1.54) is 88.6 Å². The number of rotatable bonds is 13. The third-order valence-corrected chi connectivity index (χ3v) is 12.8. The van der Waals surface area contributed by atoms with Crippen LogP contribution < -0.4 is 0 Å². The Morgan fingerprint density at radius 1 is 0.643 bits per heavy atom. The lowest BCUT2D eigenvalue weighted by Gasteiger charge is -2.30. The van der Waals surface area contributed by atoms with Gasteiger partial charge in [-0.1, -0.05) is 86.3 Å². The summed E-state index contributed by atoms with van der Waals surface area (Å²) in [6.07, 6.45) is 17.2. The highest BCUT2D eigenvalue weighted by Crippen LogP contribution is 2.29. The lowest BCUT2D eigenvalue weighted by Crippen LogP contribution is -2.34. The van der Waals surface area contributed by atoms with Crippen LogP contribution in [-0.4, -0.2) is 52.8 Å². The second-order valence-electron chi connectivity index (χ2n) is 9.58. The van der Waals surface area contributed by atoms with Crippen molar-refractivity contribution in [2.24, 2.45) is 0 Å². The predicted molar refractivity (Wildman–Crippen MR) is 135 cm³/mol. The Kier molecular flexibility index (Phi) is 13.5. The Morgan fingerprint density at radius 3 is 1.32 bits per heavy atom. The molecule has 2 unspecified atom stereocenters. The van der Waals surface area contributed by atoms with Crippen LogP contribution in [0.4, 0.5) is 0 Å². The molecule has 0 aromatic heterocycles. The molecule has 0 radical (unpaired) electrons. The van der Waals surface area contributed by atoms with Crippen LogP contribution in [0.1, 0.15) is 77.0 Å². The maximum atomic E-state index is 6.54. The summed E-state index contributed by atoms with van der Waals surface area (Å²) in [6, 6.07) is 0. The SMILES string of the molecule is C[SiH](C)C(CCSSCCC(OC1CCCCC1)[SiH](C)C)OC1CCCCC1. The fourth-order valence-electron chi connectivity index (χ4n) is 4.46. The summed E-state index contributed by atoms with van der Waals surface area (Å²) in [5, 5.41) is 0. The molecule has 0 aliphatic heterocycles. The van der Waals surface area contributed by atoms with Crippen molar-refractivity contribution in [3.8, 4) is 0 Å². The zero-order chi connectivity index (χ0) is 20.2. The molecule has 2 aliphatic carbocycles. The Hall–Kier alpha value is 1.05. The molecule has 0 N–H and O–H groups in total. The third kappa shape index (κ3) is 10.4. The average molecular weight is 463 g/mol. The highest BCUT2D eigenvalue weighted by molar-refractivity contribution is 8.76. The first-order valence-corrected chi connectivity index (χ1v) is 20.6. The molecule has 0 heterocycles. The second-order valence-corrected chi connectivity index (χ2v) is 18.7. The van der Waals surface area contributed by atoms with Crippen LogP contribution in [0.2, 0.25) is 26.2 Å². The van der Waals surface area contributed by atoms with Crippen molar-refractivity contribution in [3.63, 3.8) is 0 Å². The van der Waals surface area contributed by atoms with E-state index in [2.05, 4.69) is 47.8 Å². The largest absolute Gasteiger partial charge is 0.379 e. The van der Waals surface area contributed by atoms with E-state index in [0.717, 1.165) is 0 Å². The van der Waals surface area contributed by atoms with E-state index < -0.39 is 17.6 Å². The molecule has 0 aromatic carbocycles. The van der Waals surface area contributed by atoms with Gasteiger partial charge in [0, 0.05) is 23.0 Å². The van der Waals surface area contributed by atoms with E-state index in [-0.39, 0.29) is 0 Å². The van der Waals surface area contributed by atoms with Crippen molar-refractivity contribution >= 4 is 39.2 Å². The van der Waals surface area contributed by atoms with Gasteiger partial charge in [-0.3, -0.25) is 0 Å². The first-order chi connectivity index (χ1) is 13.6. The summed E-state index contributed by atoms with van der Waals surface area (Å²) in [7, 11) is 2.71. The standard InChI is InChI=1S/C22H46O2S2Si2/c1-27(2)21(23-19-11-7-5-8-12-19)15-17-25-26-18-16-22(28(3)4)24-20-13-9-6-10-14-20/h19-22,27-28H,5-18H2,1-4H3. The van der Waals surface area contributed by atoms with Crippen LogP contribution in [0, 0.1) is 0 Å². The van der Waals surface area contributed by atoms with Crippen molar-refractivity contribution < 1.29 is 9.47 Å². The van der Waals surface area contributed by atoms with Gasteiger partial charge in [-0.2, -0.15) is 0 Å². The van der Waals surface area contributed by atoms with Crippen LogP contribution in [0.25, 0.3) is 0 Å². The van der Waals surface area contributed by atoms with Gasteiger partial charge in [-0.05, 0) is 38.5 Å². The van der Waals surface area contributed by atoms with Gasteiger partial charge in [0.1, 0.15) is 0 Å². The summed E-state index contributed by atoms with van der Waals surface area (Å²) in [6.45, 7) is 9.86. The molecule has 0 saturated heterocycles. The van der Waals surface area contributed by atoms with Gasteiger partial charge in [-0.25, -0.2) is 0 Å². The van der Waals surface area contributed by atoms with Crippen molar-refractivity contribution in [1.29, 1.82) is 0 Å². The van der Waals surface area contributed by atoms with Crippen LogP contribution in [-0.2, 0) is 9.47 Å². The van der Waals surface area contributed by atoms with Crippen molar-refractivity contribution in [3.05, 3.63) is 0 Å². The molecule has 6 heteroatoms. The fraction of sp³-hybridized carbons (Fsp3) is 1.00. The zero-order valence-electron chi connectivity index (χ0n) is 19.0. The van der Waals surface area contributed by atoms with Crippen molar-refractivity contribution in [2.45, 2.75) is 127 Å². The van der Waals surface area contributed by atoms with Gasteiger partial charge in [0.05, 0.1) is 29.8 Å². The molecule has 0 bridgehead atoms. The lowest BCUT2D eigenvalue weighted by atomic mass is 9.98. The minimum absolute atomic E-state index is 0.569. The van der Waals surface area contributed by atoms with E-state index >= 15 is 0 Å². The summed E-state index contributed by atoms with van der Waals surface area (Å²) < 4.78 is 13.1. The molecule has 2 rings (SSSR count). The lowest BCUT2D eigenvalue weighted by molar-refractivity contribution is 0.00433. The Labute approximate surface area is 186 Å². The molecule has 2 atom stereocenters. The Bertz CT molecular complexity index is 351. The zero-order valence-corrected chi connectivity index (χ0v) is 22.9. The van der Waals surface area contributed by atoms with E-state index in [1.807, 2.05) is 0 Å². The van der Waals surface area contributed by atoms with Gasteiger partial charge in [0.15, 0.2) is 0 Å². The van der Waals surface area contributed by atoms with Gasteiger partial charge in [0.25, 0.3) is 0 Å². The minimum Gasteiger partial charge on any atom is -0.379 e. The van der Waals surface area contributed by atoms with Gasteiger partial charge in [-0.15, -0.1) is 0 Å². The summed E-state index contributed by atoms with van der Waals surface area (Å²) in [5.41, 5.74) is 1.17. The molecular formula is C22H46O2S2Si2. The monoisotopic (exact) mass is 462 g/mol. The number of ether oxygens (including phenoxy) is 2. The van der Waals surface area contributed by atoms with Crippen LogP contribution in [0.5, 0.6) is 0 Å². The highest BCUT2D eigenvalue weighted by atomic mass is 33.1. The Balaban J connectivity index is 1.57.